The maximum Gasteiger partial charge on any atom is 0.288 e. The topological polar surface area (TPSA) is 106 Å². The highest BCUT2D eigenvalue weighted by atomic mass is 32.2. The molecule has 0 aliphatic heterocycles. The zero-order valence-corrected chi connectivity index (χ0v) is 16.0. The SMILES string of the molecule is C#CCN(C(=O)c1csc(-c2ccncc2)n1)S(=O)(=O)c1c(C)noc1C. The van der Waals surface area contributed by atoms with E-state index in [9.17, 15) is 13.2 Å². The summed E-state index contributed by atoms with van der Waals surface area (Å²) in [5.41, 5.74) is 0.904. The van der Waals surface area contributed by atoms with Gasteiger partial charge in [0.05, 0.1) is 6.54 Å². The fraction of sp³-hybridized carbons (Fsp3) is 0.176. The minimum atomic E-state index is -4.24. The lowest BCUT2D eigenvalue weighted by atomic mass is 10.3. The van der Waals surface area contributed by atoms with Gasteiger partial charge in [-0.25, -0.2) is 17.7 Å². The van der Waals surface area contributed by atoms with E-state index in [0.717, 1.165) is 5.56 Å². The second kappa shape index (κ2) is 7.30. The van der Waals surface area contributed by atoms with Crippen molar-refractivity contribution < 1.29 is 17.7 Å². The van der Waals surface area contributed by atoms with Crippen molar-refractivity contribution in [3.8, 4) is 22.9 Å². The first-order chi connectivity index (χ1) is 12.9. The molecule has 3 aromatic rings. The molecule has 0 radical (unpaired) electrons. The van der Waals surface area contributed by atoms with Crippen LogP contribution < -0.4 is 0 Å². The number of thiazole rings is 1. The zero-order valence-electron chi connectivity index (χ0n) is 14.4. The van der Waals surface area contributed by atoms with Gasteiger partial charge in [-0.05, 0) is 26.0 Å². The maximum absolute atomic E-state index is 13.0. The van der Waals surface area contributed by atoms with Gasteiger partial charge in [0, 0.05) is 23.3 Å². The highest BCUT2D eigenvalue weighted by Gasteiger charge is 2.35. The maximum atomic E-state index is 13.0. The summed E-state index contributed by atoms with van der Waals surface area (Å²) in [6.07, 6.45) is 8.50. The molecule has 0 unspecified atom stereocenters. The average Bonchev–Trinajstić information content (AvgIpc) is 3.27. The molecule has 8 nitrogen and oxygen atoms in total. The molecular formula is C17H14N4O4S2. The zero-order chi connectivity index (χ0) is 19.6. The molecule has 0 saturated heterocycles. The first-order valence-corrected chi connectivity index (χ1v) is 9.97. The fourth-order valence-electron chi connectivity index (χ4n) is 2.43. The van der Waals surface area contributed by atoms with Crippen molar-refractivity contribution >= 4 is 27.3 Å². The third kappa shape index (κ3) is 3.47. The molecule has 0 fully saturated rings. The van der Waals surface area contributed by atoms with Crippen molar-refractivity contribution in [2.45, 2.75) is 18.7 Å². The summed E-state index contributed by atoms with van der Waals surface area (Å²) in [6.45, 7) is 2.50. The Bertz CT molecular complexity index is 1110. The van der Waals surface area contributed by atoms with E-state index in [0.29, 0.717) is 9.31 Å². The van der Waals surface area contributed by atoms with Crippen molar-refractivity contribution in [2.24, 2.45) is 0 Å². The van der Waals surface area contributed by atoms with Crippen LogP contribution in [0.5, 0.6) is 0 Å². The minimum absolute atomic E-state index is 0.0163. The molecular weight excluding hydrogens is 388 g/mol. The Morgan fingerprint density at radius 2 is 2.04 bits per heavy atom. The van der Waals surface area contributed by atoms with Crippen LogP contribution in [0.25, 0.3) is 10.6 Å². The van der Waals surface area contributed by atoms with Crippen LogP contribution in [0.2, 0.25) is 0 Å². The van der Waals surface area contributed by atoms with Crippen LogP contribution in [0.15, 0.2) is 39.3 Å². The van der Waals surface area contributed by atoms with Crippen LogP contribution in [0.1, 0.15) is 21.9 Å². The highest BCUT2D eigenvalue weighted by Crippen LogP contribution is 2.27. The number of aromatic nitrogens is 3. The molecule has 0 spiro atoms. The van der Waals surface area contributed by atoms with E-state index in [1.807, 2.05) is 0 Å². The van der Waals surface area contributed by atoms with Crippen molar-refractivity contribution in [3.05, 3.63) is 47.1 Å². The number of carbonyl (C=O) groups is 1. The molecule has 3 aromatic heterocycles. The summed E-state index contributed by atoms with van der Waals surface area (Å²) in [6, 6.07) is 3.49. The van der Waals surface area contributed by atoms with Crippen molar-refractivity contribution in [3.63, 3.8) is 0 Å². The van der Waals surface area contributed by atoms with Gasteiger partial charge >= 0.3 is 0 Å². The summed E-state index contributed by atoms with van der Waals surface area (Å²) < 4.78 is 31.5. The predicted molar refractivity (Wildman–Crippen MR) is 98.4 cm³/mol. The molecule has 0 aliphatic rings. The van der Waals surface area contributed by atoms with Crippen LogP contribution >= 0.6 is 11.3 Å². The summed E-state index contributed by atoms with van der Waals surface area (Å²) >= 11 is 1.22. The normalized spacial score (nSPS) is 11.1. The number of nitrogens with zero attached hydrogens (tertiary/aromatic N) is 4. The van der Waals surface area contributed by atoms with Crippen LogP contribution in [0.3, 0.4) is 0 Å². The Kier molecular flexibility index (Phi) is 5.07. The first kappa shape index (κ1) is 18.8. The van der Waals surface area contributed by atoms with Gasteiger partial charge < -0.3 is 4.52 Å². The van der Waals surface area contributed by atoms with E-state index < -0.39 is 22.5 Å². The number of sulfonamides is 1. The van der Waals surface area contributed by atoms with E-state index in [1.165, 1.54) is 30.6 Å². The number of amides is 1. The molecule has 0 aliphatic carbocycles. The van der Waals surface area contributed by atoms with Gasteiger partial charge in [-0.15, -0.1) is 17.8 Å². The number of pyridine rings is 1. The number of hydrogen-bond donors (Lipinski definition) is 0. The molecule has 27 heavy (non-hydrogen) atoms. The standard InChI is InChI=1S/C17H14N4O4S2/c1-4-9-21(27(23,24)15-11(2)20-25-12(15)3)17(22)14-10-26-16(19-14)13-5-7-18-8-6-13/h1,5-8,10H,9H2,2-3H3. The lowest BCUT2D eigenvalue weighted by molar-refractivity contribution is 0.0868. The van der Waals surface area contributed by atoms with Gasteiger partial charge in [0.1, 0.15) is 16.4 Å². The average molecular weight is 402 g/mol. The van der Waals surface area contributed by atoms with E-state index in [2.05, 4.69) is 21.0 Å². The molecule has 0 bridgehead atoms. The molecule has 3 heterocycles. The van der Waals surface area contributed by atoms with Crippen LogP contribution in [0, 0.1) is 26.2 Å². The summed E-state index contributed by atoms with van der Waals surface area (Å²) in [5, 5.41) is 5.69. The van der Waals surface area contributed by atoms with E-state index in [-0.39, 0.29) is 22.0 Å². The number of terminal acetylenes is 1. The molecule has 10 heteroatoms. The fourth-order valence-corrected chi connectivity index (χ4v) is 4.82. The van der Waals surface area contributed by atoms with E-state index in [1.54, 1.807) is 24.5 Å². The third-order valence-corrected chi connectivity index (χ3v) is 6.49. The van der Waals surface area contributed by atoms with Gasteiger partial charge in [0.2, 0.25) is 0 Å². The van der Waals surface area contributed by atoms with Gasteiger partial charge in [-0.1, -0.05) is 11.1 Å². The first-order valence-electron chi connectivity index (χ1n) is 7.65. The van der Waals surface area contributed by atoms with Crippen molar-refractivity contribution in [1.82, 2.24) is 19.4 Å². The van der Waals surface area contributed by atoms with Crippen molar-refractivity contribution in [1.29, 1.82) is 0 Å². The number of hydrogen-bond acceptors (Lipinski definition) is 8. The molecule has 0 saturated carbocycles. The second-order valence-electron chi connectivity index (χ2n) is 5.45. The Morgan fingerprint density at radius 3 is 2.63 bits per heavy atom. The van der Waals surface area contributed by atoms with Gasteiger partial charge in [0.25, 0.3) is 15.9 Å². The lowest BCUT2D eigenvalue weighted by Crippen LogP contribution is -2.37. The van der Waals surface area contributed by atoms with Gasteiger partial charge in [0.15, 0.2) is 10.7 Å². The van der Waals surface area contributed by atoms with E-state index >= 15 is 0 Å². The Balaban J connectivity index is 2.00. The summed E-state index contributed by atoms with van der Waals surface area (Å²) in [4.78, 5) is 20.9. The van der Waals surface area contributed by atoms with E-state index in [4.69, 9.17) is 10.9 Å². The lowest BCUT2D eigenvalue weighted by Gasteiger charge is -2.19. The molecule has 138 valence electrons. The third-order valence-electron chi connectivity index (χ3n) is 3.63. The second-order valence-corrected chi connectivity index (χ2v) is 8.11. The monoisotopic (exact) mass is 402 g/mol. The summed E-state index contributed by atoms with van der Waals surface area (Å²) in [5.74, 6) is 1.47. The van der Waals surface area contributed by atoms with Crippen LogP contribution in [-0.4, -0.2) is 40.3 Å². The van der Waals surface area contributed by atoms with Gasteiger partial charge in [-0.2, -0.15) is 0 Å². The Morgan fingerprint density at radius 1 is 1.33 bits per heavy atom. The molecule has 0 aromatic carbocycles. The summed E-state index contributed by atoms with van der Waals surface area (Å²) in [7, 11) is -4.24. The smallest absolute Gasteiger partial charge is 0.288 e. The number of rotatable bonds is 5. The van der Waals surface area contributed by atoms with Crippen LogP contribution in [0.4, 0.5) is 0 Å². The van der Waals surface area contributed by atoms with Crippen LogP contribution in [-0.2, 0) is 10.0 Å². The largest absolute Gasteiger partial charge is 0.360 e. The molecule has 0 N–H and O–H groups in total. The Labute approximate surface area is 159 Å². The van der Waals surface area contributed by atoms with Crippen molar-refractivity contribution in [2.75, 3.05) is 6.54 Å². The Hall–Kier alpha value is -3.03. The quantitative estimate of drug-likeness (QED) is 0.603. The predicted octanol–water partition coefficient (Wildman–Crippen LogP) is 2.27. The number of carbonyl (C=O) groups excluding carboxylic acids is 1. The molecule has 0 atom stereocenters. The molecule has 1 amide bonds. The molecule has 3 rings (SSSR count). The number of aryl methyl sites for hydroxylation is 2. The highest BCUT2D eigenvalue weighted by molar-refractivity contribution is 7.89. The van der Waals surface area contributed by atoms with Gasteiger partial charge in [-0.3, -0.25) is 9.78 Å². The minimum Gasteiger partial charge on any atom is -0.360 e.